The Bertz CT molecular complexity index is 596. The average Bonchev–Trinajstić information content (AvgIpc) is 2.43. The molecule has 0 unspecified atom stereocenters. The van der Waals surface area contributed by atoms with Crippen molar-refractivity contribution < 1.29 is 9.53 Å². The Kier molecular flexibility index (Phi) is 5.07. The Morgan fingerprint density at radius 2 is 2.15 bits per heavy atom. The number of para-hydroxylation sites is 1. The fraction of sp³-hybridized carbons (Fsp3) is 0.375. The van der Waals surface area contributed by atoms with Crippen LogP contribution in [0.1, 0.15) is 24.6 Å². The number of esters is 1. The van der Waals surface area contributed by atoms with E-state index in [1.54, 1.807) is 0 Å². The van der Waals surface area contributed by atoms with Gasteiger partial charge in [-0.15, -0.1) is 0 Å². The number of carbonyl (C=O) groups is 1. The van der Waals surface area contributed by atoms with Crippen molar-refractivity contribution in [1.82, 2.24) is 10.3 Å². The average molecular weight is 272 g/mol. The summed E-state index contributed by atoms with van der Waals surface area (Å²) < 4.78 is 4.89. The molecule has 0 aliphatic heterocycles. The molecule has 0 fully saturated rings. The lowest BCUT2D eigenvalue weighted by Gasteiger charge is -2.09. The minimum atomic E-state index is -0.157. The molecule has 0 atom stereocenters. The summed E-state index contributed by atoms with van der Waals surface area (Å²) in [5, 5.41) is 4.44. The first-order chi connectivity index (χ1) is 9.70. The maximum Gasteiger partial charge on any atom is 0.307 e. The van der Waals surface area contributed by atoms with Gasteiger partial charge in [-0.1, -0.05) is 18.2 Å². The van der Waals surface area contributed by atoms with Crippen molar-refractivity contribution in [2.75, 3.05) is 13.2 Å². The van der Waals surface area contributed by atoms with E-state index in [2.05, 4.69) is 22.4 Å². The normalized spacial score (nSPS) is 10.7. The predicted octanol–water partition coefficient (Wildman–Crippen LogP) is 2.59. The first-order valence-corrected chi connectivity index (χ1v) is 6.92. The molecule has 0 radical (unpaired) electrons. The number of pyridine rings is 1. The van der Waals surface area contributed by atoms with E-state index in [9.17, 15) is 4.79 Å². The summed E-state index contributed by atoms with van der Waals surface area (Å²) in [5.74, 6) is -0.157. The van der Waals surface area contributed by atoms with Gasteiger partial charge >= 0.3 is 5.97 Å². The molecule has 0 spiro atoms. The third-order valence-corrected chi connectivity index (χ3v) is 3.06. The van der Waals surface area contributed by atoms with Crippen LogP contribution in [0.2, 0.25) is 0 Å². The van der Waals surface area contributed by atoms with Crippen LogP contribution in [-0.2, 0) is 16.1 Å². The Morgan fingerprint density at radius 1 is 1.35 bits per heavy atom. The SMILES string of the molecule is CCOC(=O)CCNCc1cc(C)nc2ccccc12. The summed E-state index contributed by atoms with van der Waals surface area (Å²) in [4.78, 5) is 15.8. The van der Waals surface area contributed by atoms with Gasteiger partial charge in [-0.25, -0.2) is 0 Å². The molecular weight excluding hydrogens is 252 g/mol. The number of aryl methyl sites for hydroxylation is 1. The maximum atomic E-state index is 11.2. The third kappa shape index (κ3) is 3.78. The molecule has 0 aliphatic carbocycles. The molecule has 0 saturated carbocycles. The molecule has 2 aromatic rings. The zero-order valence-corrected chi connectivity index (χ0v) is 12.0. The van der Waals surface area contributed by atoms with Gasteiger partial charge < -0.3 is 10.1 Å². The number of hydrogen-bond acceptors (Lipinski definition) is 4. The van der Waals surface area contributed by atoms with Gasteiger partial charge in [0.05, 0.1) is 18.5 Å². The molecule has 0 amide bonds. The highest BCUT2D eigenvalue weighted by Crippen LogP contribution is 2.17. The van der Waals surface area contributed by atoms with Crippen LogP contribution < -0.4 is 5.32 Å². The predicted molar refractivity (Wildman–Crippen MR) is 79.4 cm³/mol. The van der Waals surface area contributed by atoms with Gasteiger partial charge in [0.2, 0.25) is 0 Å². The standard InChI is InChI=1S/C16H20N2O2/c1-3-20-16(19)8-9-17-11-13-10-12(2)18-15-7-5-4-6-14(13)15/h4-7,10,17H,3,8-9,11H2,1-2H3. The molecule has 4 nitrogen and oxygen atoms in total. The summed E-state index contributed by atoms with van der Waals surface area (Å²) in [6.45, 7) is 5.59. The zero-order valence-electron chi connectivity index (χ0n) is 12.0. The van der Waals surface area contributed by atoms with Crippen LogP contribution in [0, 0.1) is 6.92 Å². The number of aromatic nitrogens is 1. The number of rotatable bonds is 6. The lowest BCUT2D eigenvalue weighted by atomic mass is 10.1. The molecule has 1 aromatic heterocycles. The molecule has 0 aliphatic rings. The van der Waals surface area contributed by atoms with E-state index in [-0.39, 0.29) is 5.97 Å². The fourth-order valence-corrected chi connectivity index (χ4v) is 2.19. The van der Waals surface area contributed by atoms with Crippen LogP contribution in [0.3, 0.4) is 0 Å². The Labute approximate surface area is 119 Å². The van der Waals surface area contributed by atoms with Crippen LogP contribution in [0.25, 0.3) is 10.9 Å². The Morgan fingerprint density at radius 3 is 2.95 bits per heavy atom. The Hall–Kier alpha value is -1.94. The second kappa shape index (κ2) is 7.01. The van der Waals surface area contributed by atoms with Crippen LogP contribution in [-0.4, -0.2) is 24.1 Å². The summed E-state index contributed by atoms with van der Waals surface area (Å²) in [7, 11) is 0. The van der Waals surface area contributed by atoms with Gasteiger partial charge in [-0.2, -0.15) is 0 Å². The van der Waals surface area contributed by atoms with Gasteiger partial charge in [-0.3, -0.25) is 9.78 Å². The van der Waals surface area contributed by atoms with E-state index in [1.165, 1.54) is 5.56 Å². The van der Waals surface area contributed by atoms with E-state index >= 15 is 0 Å². The topological polar surface area (TPSA) is 51.2 Å². The van der Waals surface area contributed by atoms with Crippen molar-refractivity contribution in [3.8, 4) is 0 Å². The molecule has 0 bridgehead atoms. The summed E-state index contributed by atoms with van der Waals surface area (Å²) in [5.41, 5.74) is 3.22. The van der Waals surface area contributed by atoms with Crippen LogP contribution >= 0.6 is 0 Å². The molecular formula is C16H20N2O2. The molecule has 20 heavy (non-hydrogen) atoms. The largest absolute Gasteiger partial charge is 0.466 e. The van der Waals surface area contributed by atoms with Gasteiger partial charge in [0.25, 0.3) is 0 Å². The van der Waals surface area contributed by atoms with E-state index in [1.807, 2.05) is 32.0 Å². The number of nitrogens with zero attached hydrogens (tertiary/aromatic N) is 1. The van der Waals surface area contributed by atoms with Crippen molar-refractivity contribution in [3.63, 3.8) is 0 Å². The molecule has 1 aromatic carbocycles. The van der Waals surface area contributed by atoms with E-state index < -0.39 is 0 Å². The molecule has 1 N–H and O–H groups in total. The highest BCUT2D eigenvalue weighted by atomic mass is 16.5. The quantitative estimate of drug-likeness (QED) is 0.648. The summed E-state index contributed by atoms with van der Waals surface area (Å²) in [6, 6.07) is 10.2. The number of carbonyl (C=O) groups excluding carboxylic acids is 1. The first kappa shape index (κ1) is 14.5. The van der Waals surface area contributed by atoms with E-state index in [0.717, 1.165) is 23.1 Å². The van der Waals surface area contributed by atoms with Gasteiger partial charge in [0, 0.05) is 24.2 Å². The lowest BCUT2D eigenvalue weighted by Crippen LogP contribution is -2.19. The molecule has 1 heterocycles. The molecule has 0 saturated heterocycles. The molecule has 2 rings (SSSR count). The van der Waals surface area contributed by atoms with Crippen molar-refractivity contribution >= 4 is 16.9 Å². The van der Waals surface area contributed by atoms with Crippen LogP contribution in [0.5, 0.6) is 0 Å². The second-order valence-corrected chi connectivity index (χ2v) is 4.67. The fourth-order valence-electron chi connectivity index (χ4n) is 2.19. The van der Waals surface area contributed by atoms with Crippen LogP contribution in [0.15, 0.2) is 30.3 Å². The van der Waals surface area contributed by atoms with Gasteiger partial charge in [0.15, 0.2) is 0 Å². The van der Waals surface area contributed by atoms with Crippen LogP contribution in [0.4, 0.5) is 0 Å². The second-order valence-electron chi connectivity index (χ2n) is 4.67. The number of ether oxygens (including phenoxy) is 1. The number of nitrogens with one attached hydrogen (secondary N) is 1. The van der Waals surface area contributed by atoms with Crippen molar-refractivity contribution in [1.29, 1.82) is 0 Å². The van der Waals surface area contributed by atoms with E-state index in [4.69, 9.17) is 4.74 Å². The first-order valence-electron chi connectivity index (χ1n) is 6.92. The molecule has 106 valence electrons. The highest BCUT2D eigenvalue weighted by Gasteiger charge is 2.04. The smallest absolute Gasteiger partial charge is 0.307 e. The van der Waals surface area contributed by atoms with E-state index in [0.29, 0.717) is 19.6 Å². The minimum absolute atomic E-state index is 0.157. The maximum absolute atomic E-state index is 11.2. The number of benzene rings is 1. The van der Waals surface area contributed by atoms with Crippen molar-refractivity contribution in [2.45, 2.75) is 26.8 Å². The van der Waals surface area contributed by atoms with Crippen molar-refractivity contribution in [2.24, 2.45) is 0 Å². The van der Waals surface area contributed by atoms with Gasteiger partial charge in [-0.05, 0) is 31.5 Å². The number of fused-ring (bicyclic) bond motifs is 1. The summed E-state index contributed by atoms with van der Waals surface area (Å²) in [6.07, 6.45) is 0.399. The van der Waals surface area contributed by atoms with Gasteiger partial charge in [0.1, 0.15) is 0 Å². The lowest BCUT2D eigenvalue weighted by molar-refractivity contribution is -0.142. The number of hydrogen-bond donors (Lipinski definition) is 1. The van der Waals surface area contributed by atoms with Crippen molar-refractivity contribution in [3.05, 3.63) is 41.6 Å². The highest BCUT2D eigenvalue weighted by molar-refractivity contribution is 5.82. The summed E-state index contributed by atoms with van der Waals surface area (Å²) >= 11 is 0. The Balaban J connectivity index is 1.98. The zero-order chi connectivity index (χ0) is 14.4. The molecule has 4 heteroatoms. The third-order valence-electron chi connectivity index (χ3n) is 3.06. The monoisotopic (exact) mass is 272 g/mol. The minimum Gasteiger partial charge on any atom is -0.466 e.